The molecule has 2 N–H and O–H groups in total. The molecule has 0 aliphatic carbocycles. The molecule has 0 radical (unpaired) electrons. The number of esters is 1. The van der Waals surface area contributed by atoms with Gasteiger partial charge in [0.05, 0.1) is 27.4 Å². The largest absolute Gasteiger partial charge is 0.493 e. The summed E-state index contributed by atoms with van der Waals surface area (Å²) in [5.74, 6) is -0.154. The van der Waals surface area contributed by atoms with Crippen LogP contribution in [0.15, 0.2) is 48.7 Å². The standard InChI is InChI=1S/C23H26N2O6/c1-13-6-8-15(9-7-13)12-31-22(26)19-14(2)24-23(27)25-20(19)16-10-17(28-3)21(30-5)18(11-16)29-4/h6-11,19-20H,2,12H2,1,3-5H3,(H2,24,25,27). The van der Waals surface area contributed by atoms with Gasteiger partial charge in [0.2, 0.25) is 5.75 Å². The number of methoxy groups -OCH3 is 3. The van der Waals surface area contributed by atoms with E-state index < -0.39 is 24.0 Å². The first-order valence-corrected chi connectivity index (χ1v) is 9.66. The summed E-state index contributed by atoms with van der Waals surface area (Å²) in [6.07, 6.45) is 0. The Bertz CT molecular complexity index is 961. The minimum Gasteiger partial charge on any atom is -0.493 e. The third-order valence-electron chi connectivity index (χ3n) is 5.07. The van der Waals surface area contributed by atoms with Gasteiger partial charge in [0.15, 0.2) is 11.5 Å². The lowest BCUT2D eigenvalue weighted by Gasteiger charge is -2.33. The van der Waals surface area contributed by atoms with Crippen LogP contribution in [0, 0.1) is 12.8 Å². The van der Waals surface area contributed by atoms with Crippen molar-refractivity contribution in [1.29, 1.82) is 0 Å². The van der Waals surface area contributed by atoms with Gasteiger partial charge in [0.25, 0.3) is 0 Å². The monoisotopic (exact) mass is 426 g/mol. The number of urea groups is 1. The molecule has 1 aliphatic heterocycles. The molecule has 1 aliphatic rings. The van der Waals surface area contributed by atoms with Crippen LogP contribution in [0.3, 0.4) is 0 Å². The lowest BCUT2D eigenvalue weighted by atomic mass is 9.88. The number of carbonyl (C=O) groups is 2. The molecule has 0 spiro atoms. The molecule has 1 fully saturated rings. The first-order valence-electron chi connectivity index (χ1n) is 9.66. The van der Waals surface area contributed by atoms with Crippen LogP contribution in [0.4, 0.5) is 4.79 Å². The summed E-state index contributed by atoms with van der Waals surface area (Å²) < 4.78 is 21.7. The van der Waals surface area contributed by atoms with Crippen molar-refractivity contribution in [2.75, 3.05) is 21.3 Å². The van der Waals surface area contributed by atoms with E-state index in [1.807, 2.05) is 31.2 Å². The third kappa shape index (κ3) is 4.74. The maximum absolute atomic E-state index is 13.0. The lowest BCUT2D eigenvalue weighted by molar-refractivity contribution is -0.149. The number of ether oxygens (including phenoxy) is 4. The molecule has 2 unspecified atom stereocenters. The second kappa shape index (κ2) is 9.42. The topological polar surface area (TPSA) is 95.1 Å². The smallest absolute Gasteiger partial charge is 0.319 e. The fourth-order valence-corrected chi connectivity index (χ4v) is 3.45. The average molecular weight is 426 g/mol. The van der Waals surface area contributed by atoms with Gasteiger partial charge in [-0.15, -0.1) is 0 Å². The molecule has 0 saturated carbocycles. The molecule has 1 heterocycles. The Balaban J connectivity index is 1.91. The quantitative estimate of drug-likeness (QED) is 0.660. The Labute approximate surface area is 181 Å². The number of hydrogen-bond acceptors (Lipinski definition) is 6. The zero-order valence-corrected chi connectivity index (χ0v) is 18.0. The molecule has 2 amide bonds. The average Bonchev–Trinajstić information content (AvgIpc) is 2.76. The van der Waals surface area contributed by atoms with E-state index in [0.29, 0.717) is 22.8 Å². The molecule has 3 rings (SSSR count). The lowest BCUT2D eigenvalue weighted by Crippen LogP contribution is -2.51. The van der Waals surface area contributed by atoms with Crippen LogP contribution in [-0.2, 0) is 16.1 Å². The van der Waals surface area contributed by atoms with E-state index in [1.165, 1.54) is 21.3 Å². The van der Waals surface area contributed by atoms with Gasteiger partial charge in [-0.25, -0.2) is 4.79 Å². The van der Waals surface area contributed by atoms with E-state index in [0.717, 1.165) is 11.1 Å². The van der Waals surface area contributed by atoms with Gasteiger partial charge in [-0.3, -0.25) is 4.79 Å². The van der Waals surface area contributed by atoms with E-state index in [1.54, 1.807) is 12.1 Å². The normalized spacial score (nSPS) is 17.9. The van der Waals surface area contributed by atoms with Crippen molar-refractivity contribution in [3.05, 3.63) is 65.4 Å². The zero-order valence-electron chi connectivity index (χ0n) is 18.0. The summed E-state index contributed by atoms with van der Waals surface area (Å²) in [6, 6.07) is 9.86. The first kappa shape index (κ1) is 22.0. The predicted molar refractivity (Wildman–Crippen MR) is 114 cm³/mol. The molecule has 2 atom stereocenters. The SMILES string of the molecule is C=C1NC(=O)NC(c2cc(OC)c(OC)c(OC)c2)C1C(=O)OCc1ccc(C)cc1. The Hall–Kier alpha value is -3.68. The molecule has 8 heteroatoms. The maximum Gasteiger partial charge on any atom is 0.319 e. The molecular formula is C23H26N2O6. The van der Waals surface area contributed by atoms with Crippen molar-refractivity contribution in [2.45, 2.75) is 19.6 Å². The van der Waals surface area contributed by atoms with Crippen LogP contribution in [-0.4, -0.2) is 33.3 Å². The van der Waals surface area contributed by atoms with Crippen LogP contribution in [0.5, 0.6) is 17.2 Å². The van der Waals surface area contributed by atoms with E-state index in [4.69, 9.17) is 18.9 Å². The van der Waals surface area contributed by atoms with Crippen molar-refractivity contribution in [1.82, 2.24) is 10.6 Å². The Kier molecular flexibility index (Phi) is 6.69. The summed E-state index contributed by atoms with van der Waals surface area (Å²) in [5.41, 5.74) is 2.81. The molecule has 0 aromatic heterocycles. The van der Waals surface area contributed by atoms with E-state index in [-0.39, 0.29) is 12.3 Å². The highest BCUT2D eigenvalue weighted by molar-refractivity contribution is 5.85. The van der Waals surface area contributed by atoms with Crippen LogP contribution in [0.2, 0.25) is 0 Å². The predicted octanol–water partition coefficient (Wildman–Crippen LogP) is 3.25. The van der Waals surface area contributed by atoms with Gasteiger partial charge in [0, 0.05) is 5.70 Å². The van der Waals surface area contributed by atoms with Crippen molar-refractivity contribution in [3.63, 3.8) is 0 Å². The van der Waals surface area contributed by atoms with Crippen molar-refractivity contribution < 1.29 is 28.5 Å². The Morgan fingerprint density at radius 2 is 1.65 bits per heavy atom. The van der Waals surface area contributed by atoms with Crippen LogP contribution in [0.25, 0.3) is 0 Å². The van der Waals surface area contributed by atoms with Gasteiger partial charge < -0.3 is 29.6 Å². The van der Waals surface area contributed by atoms with Gasteiger partial charge in [-0.05, 0) is 30.2 Å². The molecule has 31 heavy (non-hydrogen) atoms. The fraction of sp³-hybridized carbons (Fsp3) is 0.304. The third-order valence-corrected chi connectivity index (χ3v) is 5.07. The highest BCUT2D eigenvalue weighted by atomic mass is 16.5. The molecule has 1 saturated heterocycles. The molecular weight excluding hydrogens is 400 g/mol. The van der Waals surface area contributed by atoms with Gasteiger partial charge in [0.1, 0.15) is 12.5 Å². The van der Waals surface area contributed by atoms with Gasteiger partial charge >= 0.3 is 12.0 Å². The van der Waals surface area contributed by atoms with E-state index in [2.05, 4.69) is 17.2 Å². The fourth-order valence-electron chi connectivity index (χ4n) is 3.45. The highest BCUT2D eigenvalue weighted by Crippen LogP contribution is 2.42. The summed E-state index contributed by atoms with van der Waals surface area (Å²) in [6.45, 7) is 5.96. The van der Waals surface area contributed by atoms with Gasteiger partial charge in [-0.1, -0.05) is 36.4 Å². The summed E-state index contributed by atoms with van der Waals surface area (Å²) in [5, 5.41) is 5.34. The first-order chi connectivity index (χ1) is 14.9. The number of aryl methyl sites for hydroxylation is 1. The maximum atomic E-state index is 13.0. The molecule has 164 valence electrons. The number of benzene rings is 2. The highest BCUT2D eigenvalue weighted by Gasteiger charge is 2.39. The molecule has 2 aromatic carbocycles. The second-order valence-corrected chi connectivity index (χ2v) is 7.13. The van der Waals surface area contributed by atoms with Gasteiger partial charge in [-0.2, -0.15) is 0 Å². The second-order valence-electron chi connectivity index (χ2n) is 7.13. The van der Waals surface area contributed by atoms with Crippen molar-refractivity contribution >= 4 is 12.0 Å². The Morgan fingerprint density at radius 3 is 2.19 bits per heavy atom. The number of rotatable bonds is 7. The Morgan fingerprint density at radius 1 is 1.03 bits per heavy atom. The molecule has 2 aromatic rings. The van der Waals surface area contributed by atoms with E-state index >= 15 is 0 Å². The molecule has 0 bridgehead atoms. The number of nitrogens with one attached hydrogen (secondary N) is 2. The number of amides is 2. The van der Waals surface area contributed by atoms with E-state index in [9.17, 15) is 9.59 Å². The van der Waals surface area contributed by atoms with Crippen molar-refractivity contribution in [3.8, 4) is 17.2 Å². The summed E-state index contributed by atoms with van der Waals surface area (Å²) in [7, 11) is 4.49. The van der Waals surface area contributed by atoms with Crippen LogP contribution >= 0.6 is 0 Å². The summed E-state index contributed by atoms with van der Waals surface area (Å²) >= 11 is 0. The van der Waals surface area contributed by atoms with Crippen LogP contribution in [0.1, 0.15) is 22.7 Å². The van der Waals surface area contributed by atoms with Crippen LogP contribution < -0.4 is 24.8 Å². The minimum atomic E-state index is -0.856. The summed E-state index contributed by atoms with van der Waals surface area (Å²) in [4.78, 5) is 25.2. The zero-order chi connectivity index (χ0) is 22.5. The number of hydrogen-bond donors (Lipinski definition) is 2. The minimum absolute atomic E-state index is 0.110. The molecule has 8 nitrogen and oxygen atoms in total. The van der Waals surface area contributed by atoms with Crippen molar-refractivity contribution in [2.24, 2.45) is 5.92 Å². The number of carbonyl (C=O) groups excluding carboxylic acids is 2.